The van der Waals surface area contributed by atoms with Crippen LogP contribution in [0.2, 0.25) is 0 Å². The van der Waals surface area contributed by atoms with Gasteiger partial charge in [-0.3, -0.25) is 4.79 Å². The van der Waals surface area contributed by atoms with Crippen LogP contribution in [0.4, 0.5) is 0 Å². The Kier molecular flexibility index (Phi) is 7.20. The van der Waals surface area contributed by atoms with Gasteiger partial charge in [-0.2, -0.15) is 0 Å². The van der Waals surface area contributed by atoms with Crippen LogP contribution in [-0.2, 0) is 16.1 Å². The number of carbonyl (C=O) groups excluding carboxylic acids is 1. The molecule has 0 spiro atoms. The zero-order chi connectivity index (χ0) is 18.3. The van der Waals surface area contributed by atoms with Crippen molar-refractivity contribution >= 4 is 40.8 Å². The Balaban J connectivity index is 1.94. The number of hydrogen-bond donors (Lipinski definition) is 1. The van der Waals surface area contributed by atoms with E-state index in [-0.39, 0.29) is 6.42 Å². The van der Waals surface area contributed by atoms with Gasteiger partial charge in [0, 0.05) is 0 Å². The highest BCUT2D eigenvalue weighted by Gasteiger charge is 2.36. The van der Waals surface area contributed by atoms with Gasteiger partial charge < -0.3 is 14.3 Å². The van der Waals surface area contributed by atoms with Crippen molar-refractivity contribution in [2.75, 3.05) is 7.11 Å². The molecule has 0 aliphatic rings. The van der Waals surface area contributed by atoms with Gasteiger partial charge in [-0.05, 0) is 29.8 Å². The fraction of sp³-hybridized carbons (Fsp3) is 0.235. The molecule has 134 valence electrons. The quantitative estimate of drug-likeness (QED) is 0.428. The molecule has 2 aromatic carbocycles. The molecule has 1 unspecified atom stereocenters. The standard InChI is InChI=1S/C17H16Cl3NO4/c1-23-13-7-9-14(10-8-13)24-16(17(18,19)20)21-25-15(22)11-12-5-3-2-4-6-12/h2-10,16,21H,11H2,1H3. The average molecular weight is 405 g/mol. The molecular formula is C17H16Cl3NO4. The summed E-state index contributed by atoms with van der Waals surface area (Å²) in [7, 11) is 1.55. The lowest BCUT2D eigenvalue weighted by Gasteiger charge is -2.25. The Hall–Kier alpha value is -1.66. The maximum absolute atomic E-state index is 11.9. The third-order valence-electron chi connectivity index (χ3n) is 3.08. The minimum Gasteiger partial charge on any atom is -0.497 e. The third-order valence-corrected chi connectivity index (χ3v) is 3.68. The van der Waals surface area contributed by atoms with Crippen molar-refractivity contribution in [3.05, 3.63) is 60.2 Å². The molecule has 0 saturated carbocycles. The van der Waals surface area contributed by atoms with Crippen LogP contribution in [0.15, 0.2) is 54.6 Å². The van der Waals surface area contributed by atoms with Gasteiger partial charge in [0.15, 0.2) is 0 Å². The topological polar surface area (TPSA) is 56.8 Å². The molecule has 5 nitrogen and oxygen atoms in total. The van der Waals surface area contributed by atoms with Gasteiger partial charge in [0.2, 0.25) is 10.0 Å². The molecule has 1 N–H and O–H groups in total. The molecule has 0 amide bonds. The highest BCUT2D eigenvalue weighted by molar-refractivity contribution is 6.68. The maximum atomic E-state index is 11.9. The minimum atomic E-state index is -1.87. The van der Waals surface area contributed by atoms with E-state index in [1.165, 1.54) is 0 Å². The number of hydrogen-bond acceptors (Lipinski definition) is 5. The van der Waals surface area contributed by atoms with Gasteiger partial charge in [0.1, 0.15) is 11.5 Å². The second kappa shape index (κ2) is 9.15. The number of rotatable bonds is 7. The first-order chi connectivity index (χ1) is 11.9. The number of benzene rings is 2. The highest BCUT2D eigenvalue weighted by Crippen LogP contribution is 2.32. The van der Waals surface area contributed by atoms with Crippen LogP contribution in [0, 0.1) is 0 Å². The van der Waals surface area contributed by atoms with Crippen LogP contribution in [0.3, 0.4) is 0 Å². The van der Waals surface area contributed by atoms with Gasteiger partial charge in [0.05, 0.1) is 13.5 Å². The van der Waals surface area contributed by atoms with Crippen LogP contribution in [0.1, 0.15) is 5.56 Å². The zero-order valence-corrected chi connectivity index (χ0v) is 15.5. The molecule has 8 heteroatoms. The Morgan fingerprint density at radius 3 is 2.20 bits per heavy atom. The number of alkyl halides is 3. The van der Waals surface area contributed by atoms with Crippen molar-refractivity contribution in [1.82, 2.24) is 5.48 Å². The Morgan fingerprint density at radius 1 is 1.04 bits per heavy atom. The molecule has 0 fully saturated rings. The van der Waals surface area contributed by atoms with Crippen LogP contribution in [0.5, 0.6) is 11.5 Å². The van der Waals surface area contributed by atoms with Crippen molar-refractivity contribution in [2.24, 2.45) is 0 Å². The zero-order valence-electron chi connectivity index (χ0n) is 13.2. The number of nitrogens with one attached hydrogen (secondary N) is 1. The summed E-state index contributed by atoms with van der Waals surface area (Å²) in [4.78, 5) is 16.9. The Labute approximate surface area is 160 Å². The van der Waals surface area contributed by atoms with Gasteiger partial charge in [0.25, 0.3) is 0 Å². The predicted molar refractivity (Wildman–Crippen MR) is 97.1 cm³/mol. The van der Waals surface area contributed by atoms with E-state index in [0.29, 0.717) is 11.5 Å². The maximum Gasteiger partial charge on any atom is 0.329 e. The molecule has 0 saturated heterocycles. The van der Waals surface area contributed by atoms with Crippen molar-refractivity contribution in [1.29, 1.82) is 0 Å². The van der Waals surface area contributed by atoms with Crippen LogP contribution in [0.25, 0.3) is 0 Å². The van der Waals surface area contributed by atoms with Crippen molar-refractivity contribution in [3.63, 3.8) is 0 Å². The lowest BCUT2D eigenvalue weighted by Crippen LogP contribution is -2.46. The van der Waals surface area contributed by atoms with Gasteiger partial charge in [-0.1, -0.05) is 65.1 Å². The fourth-order valence-electron chi connectivity index (χ4n) is 1.87. The molecule has 1 atom stereocenters. The lowest BCUT2D eigenvalue weighted by molar-refractivity contribution is -0.156. The van der Waals surface area contributed by atoms with Crippen LogP contribution < -0.4 is 15.0 Å². The molecule has 0 bridgehead atoms. The lowest BCUT2D eigenvalue weighted by atomic mass is 10.2. The van der Waals surface area contributed by atoms with E-state index in [9.17, 15) is 4.79 Å². The Morgan fingerprint density at radius 2 is 1.64 bits per heavy atom. The minimum absolute atomic E-state index is 0.0724. The summed E-state index contributed by atoms with van der Waals surface area (Å²) < 4.78 is 8.73. The second-order valence-electron chi connectivity index (χ2n) is 4.97. The van der Waals surface area contributed by atoms with E-state index >= 15 is 0 Å². The van der Waals surface area contributed by atoms with E-state index in [0.717, 1.165) is 5.56 Å². The molecule has 0 aliphatic heterocycles. The predicted octanol–water partition coefficient (Wildman–Crippen LogP) is 4.06. The summed E-state index contributed by atoms with van der Waals surface area (Å²) in [6.07, 6.45) is -1.13. The number of halogens is 3. The van der Waals surface area contributed by atoms with E-state index in [1.807, 2.05) is 30.3 Å². The smallest absolute Gasteiger partial charge is 0.329 e. The second-order valence-corrected chi connectivity index (χ2v) is 7.34. The molecule has 25 heavy (non-hydrogen) atoms. The summed E-state index contributed by atoms with van der Waals surface area (Å²) in [5.74, 6) is 0.521. The summed E-state index contributed by atoms with van der Waals surface area (Å²) >= 11 is 17.6. The van der Waals surface area contributed by atoms with E-state index in [4.69, 9.17) is 49.1 Å². The number of hydroxylamine groups is 1. The summed E-state index contributed by atoms with van der Waals surface area (Å²) in [6.45, 7) is 0. The largest absolute Gasteiger partial charge is 0.497 e. The molecule has 0 radical (unpaired) electrons. The summed E-state index contributed by atoms with van der Waals surface area (Å²) in [5, 5.41) is 0. The third kappa shape index (κ3) is 6.63. The van der Waals surface area contributed by atoms with Gasteiger partial charge in [-0.15, -0.1) is 5.48 Å². The molecule has 2 rings (SSSR count). The van der Waals surface area contributed by atoms with Gasteiger partial charge >= 0.3 is 5.97 Å². The fourth-order valence-corrected chi connectivity index (χ4v) is 2.13. The average Bonchev–Trinajstić information content (AvgIpc) is 2.59. The molecule has 0 aromatic heterocycles. The molecular weight excluding hydrogens is 389 g/mol. The molecule has 0 heterocycles. The van der Waals surface area contributed by atoms with Crippen molar-refractivity contribution in [3.8, 4) is 11.5 Å². The monoisotopic (exact) mass is 403 g/mol. The van der Waals surface area contributed by atoms with Crippen LogP contribution in [-0.4, -0.2) is 23.1 Å². The molecule has 2 aromatic rings. The summed E-state index contributed by atoms with van der Waals surface area (Å²) in [6, 6.07) is 15.8. The summed E-state index contributed by atoms with van der Waals surface area (Å²) in [5.41, 5.74) is 3.16. The first-order valence-corrected chi connectivity index (χ1v) is 8.38. The van der Waals surface area contributed by atoms with Crippen LogP contribution >= 0.6 is 34.8 Å². The normalized spacial score (nSPS) is 12.3. The van der Waals surface area contributed by atoms with Crippen molar-refractivity contribution in [2.45, 2.75) is 16.4 Å². The highest BCUT2D eigenvalue weighted by atomic mass is 35.6. The number of ether oxygens (including phenoxy) is 2. The number of carbonyl (C=O) groups is 1. The SMILES string of the molecule is COc1ccc(OC(NOC(=O)Cc2ccccc2)C(Cl)(Cl)Cl)cc1. The first-order valence-electron chi connectivity index (χ1n) is 7.25. The van der Waals surface area contributed by atoms with Crippen molar-refractivity contribution < 1.29 is 19.1 Å². The molecule has 0 aliphatic carbocycles. The first kappa shape index (κ1) is 19.7. The van der Waals surface area contributed by atoms with E-state index in [2.05, 4.69) is 5.48 Å². The van der Waals surface area contributed by atoms with E-state index in [1.54, 1.807) is 31.4 Å². The van der Waals surface area contributed by atoms with Gasteiger partial charge in [-0.25, -0.2) is 0 Å². The number of methoxy groups -OCH3 is 1. The van der Waals surface area contributed by atoms with E-state index < -0.39 is 16.0 Å². The Bertz CT molecular complexity index is 675.